The molecule has 0 unspecified atom stereocenters. The molecule has 174 valence electrons. The lowest BCUT2D eigenvalue weighted by Gasteiger charge is -2.19. The number of aryl methyl sites for hydroxylation is 2. The molecule has 0 bridgehead atoms. The quantitative estimate of drug-likeness (QED) is 0.176. The number of unbranched alkanes of at least 4 members (excludes halogenated alkanes) is 2. The minimum absolute atomic E-state index is 0.196. The van der Waals surface area contributed by atoms with Crippen LogP contribution in [0.2, 0.25) is 0 Å². The number of terminal acetylenes is 1. The minimum Gasteiger partial charge on any atom is -0.394 e. The van der Waals surface area contributed by atoms with Crippen LogP contribution in [0, 0.1) is 19.3 Å². The van der Waals surface area contributed by atoms with E-state index in [1.54, 1.807) is 6.08 Å². The molecule has 2 aromatic carbocycles. The summed E-state index contributed by atoms with van der Waals surface area (Å²) >= 11 is 0. The first-order valence-electron chi connectivity index (χ1n) is 11.3. The Kier molecular flexibility index (Phi) is 11.6. The molecular formula is C27H33N3O3. The number of carbonyl (C=O) groups is 1. The Hall–Kier alpha value is -3.27. The van der Waals surface area contributed by atoms with Gasteiger partial charge < -0.3 is 15.5 Å². The van der Waals surface area contributed by atoms with Crippen LogP contribution in [-0.2, 0) is 11.2 Å². The molecule has 0 aromatic heterocycles. The third-order valence-corrected chi connectivity index (χ3v) is 5.11. The summed E-state index contributed by atoms with van der Waals surface area (Å²) in [6, 6.07) is 15.0. The van der Waals surface area contributed by atoms with E-state index in [1.807, 2.05) is 61.5 Å². The Morgan fingerprint density at radius 3 is 2.33 bits per heavy atom. The molecule has 0 fully saturated rings. The highest BCUT2D eigenvalue weighted by Crippen LogP contribution is 2.19. The van der Waals surface area contributed by atoms with Crippen molar-refractivity contribution in [1.29, 1.82) is 0 Å². The maximum Gasteiger partial charge on any atom is 0.220 e. The van der Waals surface area contributed by atoms with Gasteiger partial charge in [-0.15, -0.1) is 12.3 Å². The monoisotopic (exact) mass is 447 g/mol. The lowest BCUT2D eigenvalue weighted by molar-refractivity contribution is -0.123. The summed E-state index contributed by atoms with van der Waals surface area (Å²) < 4.78 is 0. The SMILES string of the molecule is C#CCCCCC(=O)N[C@@H](CO)[C@H](O)/C=C/CCc1ccc(N=Nc2ccc(C)cc2)cc1. The van der Waals surface area contributed by atoms with Crippen LogP contribution in [0.1, 0.15) is 43.2 Å². The molecule has 0 aliphatic carbocycles. The molecule has 0 heterocycles. The van der Waals surface area contributed by atoms with Crippen LogP contribution < -0.4 is 5.32 Å². The third kappa shape index (κ3) is 10.3. The van der Waals surface area contributed by atoms with Crippen LogP contribution in [0.3, 0.4) is 0 Å². The Morgan fingerprint density at radius 1 is 1.09 bits per heavy atom. The summed E-state index contributed by atoms with van der Waals surface area (Å²) in [5, 5.41) is 30.9. The molecule has 0 saturated heterocycles. The summed E-state index contributed by atoms with van der Waals surface area (Å²) in [6.07, 6.45) is 11.7. The van der Waals surface area contributed by atoms with Gasteiger partial charge in [-0.25, -0.2) is 0 Å². The summed E-state index contributed by atoms with van der Waals surface area (Å²) in [7, 11) is 0. The second-order valence-corrected chi connectivity index (χ2v) is 7.93. The highest BCUT2D eigenvalue weighted by molar-refractivity contribution is 5.76. The van der Waals surface area contributed by atoms with Crippen LogP contribution in [0.5, 0.6) is 0 Å². The number of azo groups is 1. The van der Waals surface area contributed by atoms with Crippen molar-refractivity contribution in [1.82, 2.24) is 5.32 Å². The largest absolute Gasteiger partial charge is 0.394 e. The Labute approximate surface area is 196 Å². The van der Waals surface area contributed by atoms with E-state index in [0.717, 1.165) is 36.2 Å². The molecule has 0 aliphatic heterocycles. The minimum atomic E-state index is -0.950. The van der Waals surface area contributed by atoms with Crippen molar-refractivity contribution in [3.63, 3.8) is 0 Å². The van der Waals surface area contributed by atoms with E-state index < -0.39 is 12.1 Å². The first kappa shape index (κ1) is 26.0. The zero-order valence-corrected chi connectivity index (χ0v) is 19.2. The van der Waals surface area contributed by atoms with Crippen LogP contribution >= 0.6 is 0 Å². The van der Waals surface area contributed by atoms with Crippen molar-refractivity contribution < 1.29 is 15.0 Å². The second-order valence-electron chi connectivity index (χ2n) is 7.93. The van der Waals surface area contributed by atoms with Crippen LogP contribution in [0.25, 0.3) is 0 Å². The van der Waals surface area contributed by atoms with E-state index >= 15 is 0 Å². The molecule has 2 atom stereocenters. The molecule has 0 radical (unpaired) electrons. The second kappa shape index (κ2) is 14.7. The highest BCUT2D eigenvalue weighted by atomic mass is 16.3. The smallest absolute Gasteiger partial charge is 0.220 e. The van der Waals surface area contributed by atoms with Crippen molar-refractivity contribution >= 4 is 17.3 Å². The Bertz CT molecular complexity index is 944. The number of nitrogens with zero attached hydrogens (tertiary/aromatic N) is 2. The summed E-state index contributed by atoms with van der Waals surface area (Å²) in [6.45, 7) is 1.70. The van der Waals surface area contributed by atoms with E-state index in [-0.39, 0.29) is 12.5 Å². The van der Waals surface area contributed by atoms with E-state index in [9.17, 15) is 15.0 Å². The fourth-order valence-corrected chi connectivity index (χ4v) is 3.11. The maximum atomic E-state index is 11.9. The van der Waals surface area contributed by atoms with Crippen LogP contribution in [0.15, 0.2) is 70.9 Å². The van der Waals surface area contributed by atoms with Crippen molar-refractivity contribution in [2.24, 2.45) is 10.2 Å². The van der Waals surface area contributed by atoms with Gasteiger partial charge in [0.2, 0.25) is 5.91 Å². The number of amides is 1. The predicted octanol–water partition coefficient (Wildman–Crippen LogP) is 4.93. The van der Waals surface area contributed by atoms with Crippen molar-refractivity contribution in [2.75, 3.05) is 6.61 Å². The van der Waals surface area contributed by atoms with Crippen molar-refractivity contribution in [3.05, 3.63) is 71.8 Å². The maximum absolute atomic E-state index is 11.9. The van der Waals surface area contributed by atoms with Crippen LogP contribution in [-0.4, -0.2) is 34.9 Å². The number of carbonyl (C=O) groups excluding carboxylic acids is 1. The summed E-state index contributed by atoms with van der Waals surface area (Å²) in [5.41, 5.74) is 3.92. The topological polar surface area (TPSA) is 94.3 Å². The molecule has 0 spiro atoms. The van der Waals surface area contributed by atoms with E-state index in [2.05, 4.69) is 21.5 Å². The number of nitrogens with one attached hydrogen (secondary N) is 1. The van der Waals surface area contributed by atoms with Crippen LogP contribution in [0.4, 0.5) is 11.4 Å². The van der Waals surface area contributed by atoms with Gasteiger partial charge in [-0.05, 0) is 62.4 Å². The molecule has 0 aliphatic rings. The molecule has 33 heavy (non-hydrogen) atoms. The first-order chi connectivity index (χ1) is 16.0. The van der Waals surface area contributed by atoms with Gasteiger partial charge in [0.05, 0.1) is 30.1 Å². The van der Waals surface area contributed by atoms with Gasteiger partial charge in [-0.3, -0.25) is 4.79 Å². The zero-order chi connectivity index (χ0) is 23.9. The Morgan fingerprint density at radius 2 is 1.73 bits per heavy atom. The number of hydrogen-bond donors (Lipinski definition) is 3. The third-order valence-electron chi connectivity index (χ3n) is 5.11. The molecule has 0 saturated carbocycles. The van der Waals surface area contributed by atoms with Gasteiger partial charge in [-0.2, -0.15) is 10.2 Å². The standard InChI is InChI=1S/C27H33N3O3/c1-3-4-5-6-11-27(33)28-25(20-31)26(32)10-8-7-9-22-14-18-24(19-15-22)30-29-23-16-12-21(2)13-17-23/h1,8,10,12-19,25-26,31-32H,4-7,9,11,20H2,2H3,(H,28,33)/b10-8+,30-29?/t25-,26+/m0/s1. The number of benzene rings is 2. The van der Waals surface area contributed by atoms with E-state index in [4.69, 9.17) is 6.42 Å². The molecule has 2 rings (SSSR count). The predicted molar refractivity (Wildman–Crippen MR) is 132 cm³/mol. The molecule has 2 aromatic rings. The molecular weight excluding hydrogens is 414 g/mol. The Balaban J connectivity index is 1.75. The summed E-state index contributed by atoms with van der Waals surface area (Å²) in [5.74, 6) is 2.34. The van der Waals surface area contributed by atoms with E-state index in [0.29, 0.717) is 19.3 Å². The van der Waals surface area contributed by atoms with Gasteiger partial charge in [-0.1, -0.05) is 42.0 Å². The summed E-state index contributed by atoms with van der Waals surface area (Å²) in [4.78, 5) is 11.9. The van der Waals surface area contributed by atoms with Gasteiger partial charge in [0, 0.05) is 12.8 Å². The zero-order valence-electron chi connectivity index (χ0n) is 19.2. The first-order valence-corrected chi connectivity index (χ1v) is 11.3. The lowest BCUT2D eigenvalue weighted by Crippen LogP contribution is -2.45. The highest BCUT2D eigenvalue weighted by Gasteiger charge is 2.17. The average Bonchev–Trinajstić information content (AvgIpc) is 2.83. The lowest BCUT2D eigenvalue weighted by atomic mass is 10.1. The number of aliphatic hydroxyl groups excluding tert-OH is 2. The van der Waals surface area contributed by atoms with Gasteiger partial charge in [0.25, 0.3) is 0 Å². The fraction of sp³-hybridized carbons (Fsp3) is 0.370. The number of rotatable bonds is 13. The normalized spacial score (nSPS) is 13.2. The number of aliphatic hydroxyl groups is 2. The fourth-order valence-electron chi connectivity index (χ4n) is 3.11. The average molecular weight is 448 g/mol. The van der Waals surface area contributed by atoms with Gasteiger partial charge in [0.15, 0.2) is 0 Å². The van der Waals surface area contributed by atoms with Crippen molar-refractivity contribution in [3.8, 4) is 12.3 Å². The number of hydrogen-bond acceptors (Lipinski definition) is 5. The van der Waals surface area contributed by atoms with Gasteiger partial charge >= 0.3 is 0 Å². The molecule has 1 amide bonds. The molecule has 3 N–H and O–H groups in total. The number of allylic oxidation sites excluding steroid dienone is 1. The van der Waals surface area contributed by atoms with Crippen molar-refractivity contribution in [2.45, 2.75) is 57.6 Å². The van der Waals surface area contributed by atoms with E-state index in [1.165, 1.54) is 5.56 Å². The van der Waals surface area contributed by atoms with Gasteiger partial charge in [0.1, 0.15) is 0 Å². The molecule has 6 nitrogen and oxygen atoms in total. The molecule has 6 heteroatoms.